The van der Waals surface area contributed by atoms with E-state index in [0.29, 0.717) is 6.42 Å². The van der Waals surface area contributed by atoms with E-state index in [2.05, 4.69) is 30.3 Å². The van der Waals surface area contributed by atoms with Crippen LogP contribution in [0, 0.1) is 0 Å². The van der Waals surface area contributed by atoms with Crippen LogP contribution in [0.1, 0.15) is 78.6 Å². The molecule has 0 aliphatic rings. The Hall–Kier alpha value is -0.210. The fourth-order valence-corrected chi connectivity index (χ4v) is 2.71. The van der Waals surface area contributed by atoms with Gasteiger partial charge in [0.05, 0.1) is 18.7 Å². The SMILES string of the molecule is CCCCCCCCCC(C)(C)[NH2+]CCCOS(=O)(=O)O.[OH-]. The van der Waals surface area contributed by atoms with Gasteiger partial charge in [-0.25, -0.2) is 4.18 Å². The fraction of sp³-hybridized carbons (Fsp3) is 1.00. The highest BCUT2D eigenvalue weighted by Crippen LogP contribution is 2.12. The van der Waals surface area contributed by atoms with E-state index in [4.69, 9.17) is 4.55 Å². The number of hydrogen-bond acceptors (Lipinski definition) is 4. The van der Waals surface area contributed by atoms with Gasteiger partial charge in [0.15, 0.2) is 0 Å². The lowest BCUT2D eigenvalue weighted by molar-refractivity contribution is -0.721. The summed E-state index contributed by atoms with van der Waals surface area (Å²) in [5.41, 5.74) is 0.182. The Balaban J connectivity index is 0. The van der Waals surface area contributed by atoms with Crippen molar-refractivity contribution in [2.24, 2.45) is 0 Å². The van der Waals surface area contributed by atoms with Gasteiger partial charge in [0.1, 0.15) is 0 Å². The van der Waals surface area contributed by atoms with Gasteiger partial charge in [-0.15, -0.1) is 0 Å². The van der Waals surface area contributed by atoms with Crippen LogP contribution >= 0.6 is 0 Å². The Morgan fingerprint density at radius 2 is 1.55 bits per heavy atom. The van der Waals surface area contributed by atoms with Gasteiger partial charge in [0.25, 0.3) is 0 Å². The predicted molar refractivity (Wildman–Crippen MR) is 87.5 cm³/mol. The normalized spacial score (nSPS) is 12.2. The van der Waals surface area contributed by atoms with Crippen molar-refractivity contribution in [2.45, 2.75) is 84.1 Å². The molecule has 0 atom stereocenters. The van der Waals surface area contributed by atoms with Crippen molar-refractivity contribution >= 4 is 10.4 Å². The van der Waals surface area contributed by atoms with E-state index in [1.54, 1.807) is 0 Å². The molecule has 0 aliphatic carbocycles. The summed E-state index contributed by atoms with van der Waals surface area (Å²) < 4.78 is 33.5. The largest absolute Gasteiger partial charge is 0.870 e. The van der Waals surface area contributed by atoms with Crippen molar-refractivity contribution in [1.29, 1.82) is 0 Å². The summed E-state index contributed by atoms with van der Waals surface area (Å²) in [7, 11) is -4.28. The molecule has 4 N–H and O–H groups in total. The second kappa shape index (κ2) is 13.2. The van der Waals surface area contributed by atoms with Crippen molar-refractivity contribution in [3.8, 4) is 0 Å². The quantitative estimate of drug-likeness (QED) is 0.372. The van der Waals surface area contributed by atoms with Gasteiger partial charge in [0, 0.05) is 12.8 Å². The highest BCUT2D eigenvalue weighted by molar-refractivity contribution is 7.80. The highest BCUT2D eigenvalue weighted by Gasteiger charge is 2.19. The van der Waals surface area contributed by atoms with Crippen LogP contribution in [-0.2, 0) is 14.6 Å². The third-order valence-corrected chi connectivity index (χ3v) is 4.17. The maximum atomic E-state index is 10.4. The summed E-state index contributed by atoms with van der Waals surface area (Å²) in [5, 5.41) is 2.23. The van der Waals surface area contributed by atoms with Gasteiger partial charge in [-0.3, -0.25) is 4.55 Å². The molecule has 0 aromatic heterocycles. The van der Waals surface area contributed by atoms with Gasteiger partial charge in [-0.1, -0.05) is 45.4 Å². The third kappa shape index (κ3) is 17.8. The average molecular weight is 342 g/mol. The Morgan fingerprint density at radius 3 is 2.09 bits per heavy atom. The van der Waals surface area contributed by atoms with Gasteiger partial charge in [-0.05, 0) is 20.3 Å². The maximum absolute atomic E-state index is 10.4. The summed E-state index contributed by atoms with van der Waals surface area (Å²) in [6.07, 6.45) is 11.0. The molecule has 0 saturated heterocycles. The minimum absolute atomic E-state index is 0. The summed E-state index contributed by atoms with van der Waals surface area (Å²) in [6, 6.07) is 0. The van der Waals surface area contributed by atoms with Crippen LogP contribution in [0.3, 0.4) is 0 Å². The lowest BCUT2D eigenvalue weighted by atomic mass is 9.96. The van der Waals surface area contributed by atoms with Crippen LogP contribution in [-0.4, -0.2) is 37.1 Å². The van der Waals surface area contributed by atoms with Crippen molar-refractivity contribution in [3.05, 3.63) is 0 Å². The number of unbranched alkanes of at least 4 members (excludes halogenated alkanes) is 6. The van der Waals surface area contributed by atoms with Gasteiger partial charge in [-0.2, -0.15) is 8.42 Å². The van der Waals surface area contributed by atoms with Gasteiger partial charge in [0.2, 0.25) is 0 Å². The molecule has 0 aromatic carbocycles. The van der Waals surface area contributed by atoms with Crippen LogP contribution in [0.5, 0.6) is 0 Å². The Labute approximate surface area is 136 Å². The molecule has 0 heterocycles. The number of hydrogen-bond donors (Lipinski definition) is 2. The molecule has 0 radical (unpaired) electrons. The molecule has 22 heavy (non-hydrogen) atoms. The summed E-state index contributed by atoms with van der Waals surface area (Å²) in [5.74, 6) is 0. The lowest BCUT2D eigenvalue weighted by Crippen LogP contribution is -2.95. The minimum atomic E-state index is -4.28. The van der Waals surface area contributed by atoms with E-state index in [-0.39, 0.29) is 17.6 Å². The van der Waals surface area contributed by atoms with E-state index in [1.807, 2.05) is 0 Å². The lowest BCUT2D eigenvalue weighted by Gasteiger charge is -2.22. The van der Waals surface area contributed by atoms with Crippen molar-refractivity contribution in [3.63, 3.8) is 0 Å². The Morgan fingerprint density at radius 1 is 1.00 bits per heavy atom. The molecular weight excluding hydrogens is 306 g/mol. The summed E-state index contributed by atoms with van der Waals surface area (Å²) in [4.78, 5) is 0. The van der Waals surface area contributed by atoms with Gasteiger partial charge >= 0.3 is 10.4 Å². The molecule has 6 nitrogen and oxygen atoms in total. The maximum Gasteiger partial charge on any atom is 0.397 e. The molecule has 0 rings (SSSR count). The smallest absolute Gasteiger partial charge is 0.397 e. The zero-order chi connectivity index (χ0) is 16.2. The fourth-order valence-electron chi connectivity index (χ4n) is 2.38. The average Bonchev–Trinajstić information content (AvgIpc) is 2.35. The van der Waals surface area contributed by atoms with Crippen LogP contribution in [0.2, 0.25) is 0 Å². The second-order valence-corrected chi connectivity index (χ2v) is 7.55. The molecule has 0 aliphatic heterocycles. The van der Waals surface area contributed by atoms with Gasteiger partial charge < -0.3 is 10.8 Å². The standard InChI is InChI=1S/C15H33NO4S.H2O/c1-4-5-6-7-8-9-10-12-15(2,3)16-13-11-14-20-21(17,18)19;/h16H,4-14H2,1-3H3,(H,17,18,19);1H2. The second-order valence-electron chi connectivity index (χ2n) is 6.46. The first-order valence-electron chi connectivity index (χ1n) is 8.23. The van der Waals surface area contributed by atoms with E-state index < -0.39 is 10.4 Å². The summed E-state index contributed by atoms with van der Waals surface area (Å²) in [6.45, 7) is 7.52. The van der Waals surface area contributed by atoms with Crippen LogP contribution in [0.15, 0.2) is 0 Å². The molecule has 7 heteroatoms. The van der Waals surface area contributed by atoms with E-state index in [9.17, 15) is 8.42 Å². The minimum Gasteiger partial charge on any atom is -0.870 e. The molecule has 0 fully saturated rings. The van der Waals surface area contributed by atoms with Crippen molar-refractivity contribution in [1.82, 2.24) is 0 Å². The first-order chi connectivity index (χ1) is 9.77. The molecule has 0 unspecified atom stereocenters. The Bertz CT molecular complexity index is 344. The zero-order valence-electron chi connectivity index (χ0n) is 14.4. The first kappa shape index (κ1) is 24.0. The molecule has 0 amide bonds. The van der Waals surface area contributed by atoms with E-state index in [1.165, 1.54) is 51.4 Å². The number of nitrogens with two attached hydrogens (primary N) is 1. The topological polar surface area (TPSA) is 110 Å². The summed E-state index contributed by atoms with van der Waals surface area (Å²) >= 11 is 0. The van der Waals surface area contributed by atoms with Crippen molar-refractivity contribution < 1.29 is 27.9 Å². The number of quaternary nitrogens is 1. The monoisotopic (exact) mass is 341 g/mol. The Kier molecular flexibility index (Phi) is 14.5. The van der Waals surface area contributed by atoms with E-state index in [0.717, 1.165) is 6.54 Å². The first-order valence-corrected chi connectivity index (χ1v) is 9.59. The molecule has 0 bridgehead atoms. The van der Waals surface area contributed by atoms with Crippen LogP contribution in [0.25, 0.3) is 0 Å². The molecular formula is C15H35NO5S. The zero-order valence-corrected chi connectivity index (χ0v) is 15.2. The van der Waals surface area contributed by atoms with E-state index >= 15 is 0 Å². The molecule has 0 saturated carbocycles. The van der Waals surface area contributed by atoms with Crippen LogP contribution in [0.4, 0.5) is 0 Å². The molecule has 0 spiro atoms. The third-order valence-electron chi connectivity index (χ3n) is 3.70. The van der Waals surface area contributed by atoms with Crippen LogP contribution < -0.4 is 5.32 Å². The molecule has 0 aromatic rings. The predicted octanol–water partition coefficient (Wildman–Crippen LogP) is 2.50. The number of rotatable bonds is 14. The van der Waals surface area contributed by atoms with Crippen molar-refractivity contribution in [2.75, 3.05) is 13.2 Å². The molecule has 136 valence electrons. The highest BCUT2D eigenvalue weighted by atomic mass is 32.3.